The monoisotopic (exact) mass is 264 g/mol. The Hall–Kier alpha value is -3.00. The van der Waals surface area contributed by atoms with Gasteiger partial charge in [0.15, 0.2) is 0 Å². The second-order valence-corrected chi connectivity index (χ2v) is 3.99. The fourth-order valence-electron chi connectivity index (χ4n) is 1.56. The fourth-order valence-corrected chi connectivity index (χ4v) is 1.56. The van der Waals surface area contributed by atoms with Crippen LogP contribution >= 0.6 is 0 Å². The third kappa shape index (κ3) is 3.75. The van der Waals surface area contributed by atoms with Crippen molar-refractivity contribution in [2.24, 2.45) is 0 Å². The molecule has 0 aliphatic carbocycles. The third-order valence-corrected chi connectivity index (χ3v) is 2.56. The van der Waals surface area contributed by atoms with E-state index in [2.05, 4.69) is 15.3 Å². The van der Waals surface area contributed by atoms with Gasteiger partial charge in [0.25, 0.3) is 5.91 Å². The van der Waals surface area contributed by atoms with Crippen LogP contribution in [0.1, 0.15) is 11.1 Å². The summed E-state index contributed by atoms with van der Waals surface area (Å²) >= 11 is 0. The van der Waals surface area contributed by atoms with Gasteiger partial charge in [0.2, 0.25) is 0 Å². The molecule has 0 spiro atoms. The lowest BCUT2D eigenvalue weighted by molar-refractivity contribution is -0.117. The highest BCUT2D eigenvalue weighted by Gasteiger charge is 2.08. The Balaban J connectivity index is 2.03. The van der Waals surface area contributed by atoms with Crippen LogP contribution < -0.4 is 5.32 Å². The molecule has 0 saturated carbocycles. The normalized spacial score (nSPS) is 10.7. The maximum Gasteiger partial charge on any atom is 0.262 e. The number of hydrogen-bond acceptors (Lipinski definition) is 4. The topological polar surface area (TPSA) is 78.7 Å². The lowest BCUT2D eigenvalue weighted by Gasteiger charge is -2.03. The molecule has 0 bridgehead atoms. The van der Waals surface area contributed by atoms with E-state index in [0.717, 1.165) is 11.1 Å². The van der Waals surface area contributed by atoms with E-state index in [1.54, 1.807) is 43.0 Å². The highest BCUT2D eigenvalue weighted by Crippen LogP contribution is 2.05. The van der Waals surface area contributed by atoms with E-state index in [-0.39, 0.29) is 5.57 Å². The lowest BCUT2D eigenvalue weighted by atomic mass is 10.1. The molecule has 1 amide bonds. The van der Waals surface area contributed by atoms with Gasteiger partial charge in [0.05, 0.1) is 0 Å². The zero-order valence-electron chi connectivity index (χ0n) is 10.7. The molecule has 2 heterocycles. The number of carbonyl (C=O) groups excluding carboxylic acids is 1. The first-order chi connectivity index (χ1) is 9.79. The summed E-state index contributed by atoms with van der Waals surface area (Å²) in [5.74, 6) is -0.409. The van der Waals surface area contributed by atoms with Gasteiger partial charge in [-0.3, -0.25) is 14.8 Å². The van der Waals surface area contributed by atoms with Crippen LogP contribution in [0.4, 0.5) is 0 Å². The number of pyridine rings is 2. The van der Waals surface area contributed by atoms with Gasteiger partial charge < -0.3 is 5.32 Å². The zero-order chi connectivity index (χ0) is 14.2. The number of hydrogen-bond donors (Lipinski definition) is 1. The van der Waals surface area contributed by atoms with Gasteiger partial charge in [0.1, 0.15) is 11.6 Å². The van der Waals surface area contributed by atoms with Gasteiger partial charge >= 0.3 is 0 Å². The van der Waals surface area contributed by atoms with Gasteiger partial charge in [-0.15, -0.1) is 0 Å². The summed E-state index contributed by atoms with van der Waals surface area (Å²) in [4.78, 5) is 19.8. The second-order valence-electron chi connectivity index (χ2n) is 3.99. The number of nitrogens with one attached hydrogen (secondary N) is 1. The number of nitriles is 1. The summed E-state index contributed by atoms with van der Waals surface area (Å²) in [7, 11) is 0. The van der Waals surface area contributed by atoms with E-state index in [1.165, 1.54) is 6.08 Å². The molecule has 0 radical (unpaired) electrons. The molecule has 0 aromatic carbocycles. The van der Waals surface area contributed by atoms with E-state index >= 15 is 0 Å². The molecule has 0 aliphatic heterocycles. The van der Waals surface area contributed by atoms with E-state index in [1.807, 2.05) is 12.1 Å². The molecule has 1 N–H and O–H groups in total. The van der Waals surface area contributed by atoms with Gasteiger partial charge in [0, 0.05) is 31.3 Å². The highest BCUT2D eigenvalue weighted by atomic mass is 16.1. The zero-order valence-corrected chi connectivity index (χ0v) is 10.7. The van der Waals surface area contributed by atoms with Crippen LogP contribution in [0.3, 0.4) is 0 Å². The van der Waals surface area contributed by atoms with Gasteiger partial charge in [-0.2, -0.15) is 5.26 Å². The van der Waals surface area contributed by atoms with E-state index < -0.39 is 5.91 Å². The van der Waals surface area contributed by atoms with Crippen LogP contribution in [0, 0.1) is 11.3 Å². The van der Waals surface area contributed by atoms with E-state index in [4.69, 9.17) is 5.26 Å². The number of nitrogens with zero attached hydrogens (tertiary/aromatic N) is 3. The summed E-state index contributed by atoms with van der Waals surface area (Å²) in [5, 5.41) is 11.7. The number of carbonyl (C=O) groups is 1. The number of amides is 1. The van der Waals surface area contributed by atoms with Crippen molar-refractivity contribution < 1.29 is 4.79 Å². The van der Waals surface area contributed by atoms with Crippen molar-refractivity contribution in [3.8, 4) is 6.07 Å². The van der Waals surface area contributed by atoms with Crippen LogP contribution in [0.2, 0.25) is 0 Å². The summed E-state index contributed by atoms with van der Waals surface area (Å²) in [6.45, 7) is 0.335. The van der Waals surface area contributed by atoms with Crippen LogP contribution in [-0.4, -0.2) is 15.9 Å². The maximum absolute atomic E-state index is 11.9. The Morgan fingerprint density at radius 1 is 1.25 bits per heavy atom. The minimum Gasteiger partial charge on any atom is -0.347 e. The third-order valence-electron chi connectivity index (χ3n) is 2.56. The van der Waals surface area contributed by atoms with E-state index in [9.17, 15) is 4.79 Å². The van der Waals surface area contributed by atoms with E-state index in [0.29, 0.717) is 6.54 Å². The predicted octanol–water partition coefficient (Wildman–Crippen LogP) is 1.70. The molecule has 2 rings (SSSR count). The lowest BCUT2D eigenvalue weighted by Crippen LogP contribution is -2.23. The Kier molecular flexibility index (Phi) is 4.57. The smallest absolute Gasteiger partial charge is 0.262 e. The molecule has 0 fully saturated rings. The quantitative estimate of drug-likeness (QED) is 0.673. The van der Waals surface area contributed by atoms with Gasteiger partial charge in [-0.05, 0) is 35.4 Å². The predicted molar refractivity (Wildman–Crippen MR) is 73.9 cm³/mol. The molecule has 0 saturated heterocycles. The molecular weight excluding hydrogens is 252 g/mol. The Bertz CT molecular complexity index is 645. The molecule has 98 valence electrons. The summed E-state index contributed by atoms with van der Waals surface area (Å²) < 4.78 is 0. The van der Waals surface area contributed by atoms with Gasteiger partial charge in [-0.1, -0.05) is 6.07 Å². The Morgan fingerprint density at radius 3 is 2.70 bits per heavy atom. The summed E-state index contributed by atoms with van der Waals surface area (Å²) in [5.41, 5.74) is 1.69. The largest absolute Gasteiger partial charge is 0.347 e. The van der Waals surface area contributed by atoms with Crippen molar-refractivity contribution in [2.45, 2.75) is 6.54 Å². The van der Waals surface area contributed by atoms with Crippen LogP contribution in [0.5, 0.6) is 0 Å². The molecular formula is C15H12N4O. The average Bonchev–Trinajstić information content (AvgIpc) is 2.52. The minimum atomic E-state index is -0.409. The molecule has 0 atom stereocenters. The Labute approximate surface area is 116 Å². The molecule has 5 heteroatoms. The first-order valence-corrected chi connectivity index (χ1v) is 5.98. The van der Waals surface area contributed by atoms with Crippen molar-refractivity contribution >= 4 is 12.0 Å². The number of aromatic nitrogens is 2. The second kappa shape index (κ2) is 6.81. The standard InChI is InChI=1S/C15H12N4O/c16-9-14(8-12-3-6-17-7-4-12)15(20)19-11-13-2-1-5-18-10-13/h1-8,10H,11H2,(H,19,20)/b14-8+. The Morgan fingerprint density at radius 2 is 2.05 bits per heavy atom. The van der Waals surface area contributed by atoms with Crippen LogP contribution in [-0.2, 0) is 11.3 Å². The molecule has 2 aromatic heterocycles. The number of rotatable bonds is 4. The summed E-state index contributed by atoms with van der Waals surface area (Å²) in [6, 6.07) is 9.00. The molecule has 20 heavy (non-hydrogen) atoms. The summed E-state index contributed by atoms with van der Waals surface area (Å²) in [6.07, 6.45) is 8.07. The molecule has 2 aromatic rings. The minimum absolute atomic E-state index is 0.0556. The molecule has 0 unspecified atom stereocenters. The van der Waals surface area contributed by atoms with Gasteiger partial charge in [-0.25, -0.2) is 0 Å². The fraction of sp³-hybridized carbons (Fsp3) is 0.0667. The van der Waals surface area contributed by atoms with Crippen molar-refractivity contribution in [3.05, 3.63) is 65.8 Å². The highest BCUT2D eigenvalue weighted by molar-refractivity contribution is 6.01. The van der Waals surface area contributed by atoms with Crippen molar-refractivity contribution in [1.29, 1.82) is 5.26 Å². The first-order valence-electron chi connectivity index (χ1n) is 5.98. The molecule has 5 nitrogen and oxygen atoms in total. The average molecular weight is 264 g/mol. The van der Waals surface area contributed by atoms with Crippen molar-refractivity contribution in [2.75, 3.05) is 0 Å². The van der Waals surface area contributed by atoms with Crippen molar-refractivity contribution in [1.82, 2.24) is 15.3 Å². The van der Waals surface area contributed by atoms with Crippen LogP contribution in [0.15, 0.2) is 54.6 Å². The molecule has 0 aliphatic rings. The SMILES string of the molecule is N#C/C(=C\c1ccncc1)C(=O)NCc1cccnc1. The van der Waals surface area contributed by atoms with Crippen molar-refractivity contribution in [3.63, 3.8) is 0 Å². The van der Waals surface area contributed by atoms with Crippen LogP contribution in [0.25, 0.3) is 6.08 Å². The first kappa shape index (κ1) is 13.4. The maximum atomic E-state index is 11.9.